The third kappa shape index (κ3) is 3.96. The Hall–Kier alpha value is -1.55. The fraction of sp³-hybridized carbons (Fsp3) is 0.533. The maximum absolute atomic E-state index is 11.5. The fourth-order valence-electron chi connectivity index (χ4n) is 2.21. The van der Waals surface area contributed by atoms with E-state index in [1.54, 1.807) is 19.1 Å². The van der Waals surface area contributed by atoms with Crippen molar-refractivity contribution in [1.82, 2.24) is 0 Å². The van der Waals surface area contributed by atoms with E-state index in [-0.39, 0.29) is 5.97 Å². The number of rotatable bonds is 5. The lowest BCUT2D eigenvalue weighted by atomic mass is 10.2. The van der Waals surface area contributed by atoms with Crippen LogP contribution in [0.3, 0.4) is 0 Å². The van der Waals surface area contributed by atoms with Gasteiger partial charge < -0.3 is 14.8 Å². The molecule has 0 spiro atoms. The molecule has 104 valence electrons. The van der Waals surface area contributed by atoms with Gasteiger partial charge in [0.2, 0.25) is 0 Å². The quantitative estimate of drug-likeness (QED) is 0.830. The number of benzene rings is 1. The average Bonchev–Trinajstić information content (AvgIpc) is 2.83. The molecule has 1 saturated heterocycles. The van der Waals surface area contributed by atoms with E-state index in [9.17, 15) is 4.79 Å². The molecule has 0 amide bonds. The second kappa shape index (κ2) is 6.57. The van der Waals surface area contributed by atoms with Crippen LogP contribution in [0.2, 0.25) is 0 Å². The lowest BCUT2D eigenvalue weighted by Gasteiger charge is -2.13. The van der Waals surface area contributed by atoms with Crippen LogP contribution in [0.15, 0.2) is 24.3 Å². The van der Waals surface area contributed by atoms with Crippen molar-refractivity contribution in [1.29, 1.82) is 0 Å². The molecule has 0 saturated carbocycles. The first-order chi connectivity index (χ1) is 9.19. The smallest absolute Gasteiger partial charge is 0.338 e. The van der Waals surface area contributed by atoms with Crippen LogP contribution >= 0.6 is 0 Å². The molecular formula is C15H21NO3. The highest BCUT2D eigenvalue weighted by Gasteiger charge is 2.21. The molecule has 1 N–H and O–H groups in total. The SMILES string of the molecule is CCOC(=O)c1ccc(NCC2CCC(C)O2)cc1. The van der Waals surface area contributed by atoms with Crippen molar-refractivity contribution < 1.29 is 14.3 Å². The van der Waals surface area contributed by atoms with Gasteiger partial charge in [-0.15, -0.1) is 0 Å². The third-order valence-corrected chi connectivity index (χ3v) is 3.25. The maximum Gasteiger partial charge on any atom is 0.338 e. The molecule has 1 aliphatic heterocycles. The van der Waals surface area contributed by atoms with Crippen LogP contribution in [-0.4, -0.2) is 31.3 Å². The van der Waals surface area contributed by atoms with Crippen LogP contribution in [0, 0.1) is 0 Å². The van der Waals surface area contributed by atoms with E-state index >= 15 is 0 Å². The Bertz CT molecular complexity index is 416. The molecule has 1 aromatic carbocycles. The first-order valence-electron chi connectivity index (χ1n) is 6.85. The van der Waals surface area contributed by atoms with Crippen LogP contribution in [0.25, 0.3) is 0 Å². The number of nitrogens with one attached hydrogen (secondary N) is 1. The van der Waals surface area contributed by atoms with E-state index in [2.05, 4.69) is 12.2 Å². The van der Waals surface area contributed by atoms with Gasteiger partial charge in [-0.2, -0.15) is 0 Å². The second-order valence-corrected chi connectivity index (χ2v) is 4.82. The normalized spacial score (nSPS) is 22.2. The first-order valence-corrected chi connectivity index (χ1v) is 6.85. The van der Waals surface area contributed by atoms with Gasteiger partial charge in [-0.1, -0.05) is 0 Å². The summed E-state index contributed by atoms with van der Waals surface area (Å²) in [7, 11) is 0. The fourth-order valence-corrected chi connectivity index (χ4v) is 2.21. The Morgan fingerprint density at radius 3 is 2.68 bits per heavy atom. The van der Waals surface area contributed by atoms with Gasteiger partial charge in [0.05, 0.1) is 24.4 Å². The van der Waals surface area contributed by atoms with E-state index in [0.29, 0.717) is 24.4 Å². The predicted molar refractivity (Wildman–Crippen MR) is 74.5 cm³/mol. The minimum absolute atomic E-state index is 0.276. The molecule has 2 unspecified atom stereocenters. The Morgan fingerprint density at radius 2 is 2.11 bits per heavy atom. The van der Waals surface area contributed by atoms with Gasteiger partial charge in [0.25, 0.3) is 0 Å². The van der Waals surface area contributed by atoms with Crippen molar-refractivity contribution in [2.24, 2.45) is 0 Å². The number of hydrogen-bond acceptors (Lipinski definition) is 4. The molecular weight excluding hydrogens is 242 g/mol. The topological polar surface area (TPSA) is 47.6 Å². The van der Waals surface area contributed by atoms with Crippen molar-refractivity contribution in [2.45, 2.75) is 38.9 Å². The Morgan fingerprint density at radius 1 is 1.37 bits per heavy atom. The molecule has 1 aromatic rings. The largest absolute Gasteiger partial charge is 0.462 e. The minimum Gasteiger partial charge on any atom is -0.462 e. The summed E-state index contributed by atoms with van der Waals surface area (Å²) in [6.07, 6.45) is 2.90. The van der Waals surface area contributed by atoms with Gasteiger partial charge in [-0.25, -0.2) is 4.79 Å². The molecule has 4 nitrogen and oxygen atoms in total. The Balaban J connectivity index is 1.83. The highest BCUT2D eigenvalue weighted by atomic mass is 16.5. The zero-order chi connectivity index (χ0) is 13.7. The molecule has 19 heavy (non-hydrogen) atoms. The number of ether oxygens (including phenoxy) is 2. The molecule has 0 bridgehead atoms. The first kappa shape index (κ1) is 13.9. The number of carbonyl (C=O) groups is 1. The molecule has 0 radical (unpaired) electrons. The average molecular weight is 263 g/mol. The molecule has 1 fully saturated rings. The van der Waals surface area contributed by atoms with Crippen LogP contribution in [-0.2, 0) is 9.47 Å². The lowest BCUT2D eigenvalue weighted by Crippen LogP contribution is -2.19. The van der Waals surface area contributed by atoms with Crippen molar-refractivity contribution in [2.75, 3.05) is 18.5 Å². The minimum atomic E-state index is -0.276. The van der Waals surface area contributed by atoms with E-state index in [4.69, 9.17) is 9.47 Å². The van der Waals surface area contributed by atoms with Gasteiger partial charge in [-0.05, 0) is 51.0 Å². The van der Waals surface area contributed by atoms with Crippen molar-refractivity contribution in [3.63, 3.8) is 0 Å². The van der Waals surface area contributed by atoms with Gasteiger partial charge in [0.15, 0.2) is 0 Å². The molecule has 2 atom stereocenters. The molecule has 0 aromatic heterocycles. The summed E-state index contributed by atoms with van der Waals surface area (Å²) in [6, 6.07) is 7.34. The van der Waals surface area contributed by atoms with Gasteiger partial charge >= 0.3 is 5.97 Å². The zero-order valence-electron chi connectivity index (χ0n) is 11.5. The van der Waals surface area contributed by atoms with E-state index < -0.39 is 0 Å². The Kier molecular flexibility index (Phi) is 4.80. The molecule has 4 heteroatoms. The highest BCUT2D eigenvalue weighted by molar-refractivity contribution is 5.89. The van der Waals surface area contributed by atoms with Crippen LogP contribution in [0.1, 0.15) is 37.0 Å². The highest BCUT2D eigenvalue weighted by Crippen LogP contribution is 2.19. The monoisotopic (exact) mass is 263 g/mol. The van der Waals surface area contributed by atoms with E-state index in [1.807, 2.05) is 12.1 Å². The third-order valence-electron chi connectivity index (χ3n) is 3.25. The lowest BCUT2D eigenvalue weighted by molar-refractivity contribution is 0.0526. The van der Waals surface area contributed by atoms with Gasteiger partial charge in [0, 0.05) is 12.2 Å². The van der Waals surface area contributed by atoms with Gasteiger partial charge in [-0.3, -0.25) is 0 Å². The van der Waals surface area contributed by atoms with Crippen molar-refractivity contribution in [3.8, 4) is 0 Å². The summed E-state index contributed by atoms with van der Waals surface area (Å²) in [5.74, 6) is -0.276. The van der Waals surface area contributed by atoms with Crippen LogP contribution < -0.4 is 5.32 Å². The summed E-state index contributed by atoms with van der Waals surface area (Å²) < 4.78 is 10.7. The maximum atomic E-state index is 11.5. The predicted octanol–water partition coefficient (Wildman–Crippen LogP) is 2.84. The summed E-state index contributed by atoms with van der Waals surface area (Å²) in [5.41, 5.74) is 1.58. The summed E-state index contributed by atoms with van der Waals surface area (Å²) >= 11 is 0. The number of carbonyl (C=O) groups excluding carboxylic acids is 1. The van der Waals surface area contributed by atoms with Crippen molar-refractivity contribution >= 4 is 11.7 Å². The van der Waals surface area contributed by atoms with Crippen LogP contribution in [0.4, 0.5) is 5.69 Å². The second-order valence-electron chi connectivity index (χ2n) is 4.82. The zero-order valence-corrected chi connectivity index (χ0v) is 11.5. The number of anilines is 1. The molecule has 1 aliphatic rings. The van der Waals surface area contributed by atoms with Gasteiger partial charge in [0.1, 0.15) is 0 Å². The summed E-state index contributed by atoms with van der Waals surface area (Å²) in [4.78, 5) is 11.5. The van der Waals surface area contributed by atoms with Crippen LogP contribution in [0.5, 0.6) is 0 Å². The number of esters is 1. The molecule has 0 aliphatic carbocycles. The Labute approximate surface area is 114 Å². The van der Waals surface area contributed by atoms with Crippen molar-refractivity contribution in [3.05, 3.63) is 29.8 Å². The molecule has 2 rings (SSSR count). The van der Waals surface area contributed by atoms with E-state index in [0.717, 1.165) is 25.1 Å². The standard InChI is InChI=1S/C15H21NO3/c1-3-18-15(17)12-5-7-13(8-6-12)16-10-14-9-4-11(2)19-14/h5-8,11,14,16H,3-4,9-10H2,1-2H3. The van der Waals surface area contributed by atoms with E-state index in [1.165, 1.54) is 0 Å². The summed E-state index contributed by atoms with van der Waals surface area (Å²) in [6.45, 7) is 5.11. The number of hydrogen-bond donors (Lipinski definition) is 1. The summed E-state index contributed by atoms with van der Waals surface area (Å²) in [5, 5.41) is 3.33. The molecule has 1 heterocycles.